The third-order valence-electron chi connectivity index (χ3n) is 5.56. The van der Waals surface area contributed by atoms with E-state index in [0.29, 0.717) is 6.04 Å². The number of hydrogen-bond donors (Lipinski definition) is 0. The molecule has 27 heavy (non-hydrogen) atoms. The Labute approximate surface area is 161 Å². The molecule has 0 aromatic heterocycles. The summed E-state index contributed by atoms with van der Waals surface area (Å²) in [6.45, 7) is 5.23. The maximum atomic E-state index is 13.2. The van der Waals surface area contributed by atoms with E-state index in [9.17, 15) is 4.79 Å². The van der Waals surface area contributed by atoms with Crippen LogP contribution in [0.5, 0.6) is 0 Å². The first-order valence-electron chi connectivity index (χ1n) is 9.65. The van der Waals surface area contributed by atoms with Gasteiger partial charge in [-0.05, 0) is 30.5 Å². The lowest BCUT2D eigenvalue weighted by molar-refractivity contribution is -0.00434. The first-order chi connectivity index (χ1) is 13.1. The molecule has 2 heteroatoms. The minimum absolute atomic E-state index is 0.0253. The number of carbonyl (C=O) groups is 1. The van der Waals surface area contributed by atoms with E-state index in [0.717, 1.165) is 17.7 Å². The van der Waals surface area contributed by atoms with Gasteiger partial charge in [0.1, 0.15) is 0 Å². The molecule has 0 unspecified atom stereocenters. The van der Waals surface area contributed by atoms with E-state index in [2.05, 4.69) is 67.3 Å². The van der Waals surface area contributed by atoms with Crippen molar-refractivity contribution in [3.63, 3.8) is 0 Å². The van der Waals surface area contributed by atoms with E-state index in [1.165, 1.54) is 11.1 Å². The van der Waals surface area contributed by atoms with Crippen molar-refractivity contribution in [3.8, 4) is 11.1 Å². The van der Waals surface area contributed by atoms with E-state index < -0.39 is 0 Å². The van der Waals surface area contributed by atoms with Gasteiger partial charge >= 0.3 is 0 Å². The molecule has 2 nitrogen and oxygen atoms in total. The molecule has 1 aliphatic heterocycles. The lowest BCUT2D eigenvalue weighted by atomic mass is 9.77. The van der Waals surface area contributed by atoms with Crippen molar-refractivity contribution >= 4 is 5.78 Å². The van der Waals surface area contributed by atoms with Crippen LogP contribution in [0.3, 0.4) is 0 Å². The number of rotatable bonds is 5. The van der Waals surface area contributed by atoms with Gasteiger partial charge in [-0.25, -0.2) is 0 Å². The molecular weight excluding hydrogens is 330 g/mol. The third kappa shape index (κ3) is 3.45. The number of carbonyl (C=O) groups excluding carboxylic acids is 1. The van der Waals surface area contributed by atoms with Crippen LogP contribution in [0.15, 0.2) is 84.9 Å². The molecule has 4 rings (SSSR count). The molecule has 1 aliphatic rings. The summed E-state index contributed by atoms with van der Waals surface area (Å²) in [6.07, 6.45) is 0. The standard InChI is InChI=1S/C25H25NO/c1-18(2)26-17-23(24(26)21-11-7-4-8-12-21)25(27)22-15-13-20(14-16-22)19-9-5-3-6-10-19/h3-16,18,23-24H,17H2,1-2H3/t23-,24+/m0/s1. The zero-order chi connectivity index (χ0) is 18.8. The maximum absolute atomic E-state index is 13.2. The zero-order valence-corrected chi connectivity index (χ0v) is 15.9. The lowest BCUT2D eigenvalue weighted by Gasteiger charge is -2.50. The number of hydrogen-bond acceptors (Lipinski definition) is 2. The molecule has 1 saturated heterocycles. The van der Waals surface area contributed by atoms with Crippen LogP contribution in [0, 0.1) is 5.92 Å². The lowest BCUT2D eigenvalue weighted by Crippen LogP contribution is -2.55. The molecule has 2 atom stereocenters. The Hall–Kier alpha value is -2.71. The average molecular weight is 355 g/mol. The van der Waals surface area contributed by atoms with Crippen molar-refractivity contribution in [1.29, 1.82) is 0 Å². The van der Waals surface area contributed by atoms with E-state index >= 15 is 0 Å². The summed E-state index contributed by atoms with van der Waals surface area (Å²) in [7, 11) is 0. The molecule has 0 saturated carbocycles. The molecule has 3 aromatic rings. The van der Waals surface area contributed by atoms with Crippen molar-refractivity contribution in [2.24, 2.45) is 5.92 Å². The molecule has 1 heterocycles. The summed E-state index contributed by atoms with van der Waals surface area (Å²) in [5.74, 6) is 0.276. The number of benzene rings is 3. The van der Waals surface area contributed by atoms with Crippen LogP contribution >= 0.6 is 0 Å². The largest absolute Gasteiger partial charge is 0.294 e. The highest BCUT2D eigenvalue weighted by Gasteiger charge is 2.45. The smallest absolute Gasteiger partial charge is 0.169 e. The van der Waals surface area contributed by atoms with Crippen LogP contribution in [-0.4, -0.2) is 23.3 Å². The van der Waals surface area contributed by atoms with Crippen molar-refractivity contribution in [1.82, 2.24) is 4.90 Å². The molecule has 136 valence electrons. The maximum Gasteiger partial charge on any atom is 0.169 e. The Balaban J connectivity index is 1.57. The van der Waals surface area contributed by atoms with Gasteiger partial charge < -0.3 is 0 Å². The minimum Gasteiger partial charge on any atom is -0.294 e. The molecule has 0 amide bonds. The second-order valence-corrected chi connectivity index (χ2v) is 7.56. The van der Waals surface area contributed by atoms with E-state index in [1.807, 2.05) is 36.4 Å². The van der Waals surface area contributed by atoms with Crippen LogP contribution in [0.2, 0.25) is 0 Å². The highest BCUT2D eigenvalue weighted by Crippen LogP contribution is 2.42. The van der Waals surface area contributed by atoms with Gasteiger partial charge in [-0.1, -0.05) is 84.9 Å². The molecule has 0 radical (unpaired) electrons. The van der Waals surface area contributed by atoms with Gasteiger partial charge in [0, 0.05) is 24.2 Å². The predicted molar refractivity (Wildman–Crippen MR) is 111 cm³/mol. The minimum atomic E-state index is 0.0253. The Morgan fingerprint density at radius 2 is 1.37 bits per heavy atom. The van der Waals surface area contributed by atoms with Gasteiger partial charge in [-0.2, -0.15) is 0 Å². The molecule has 3 aromatic carbocycles. The van der Waals surface area contributed by atoms with Crippen LogP contribution in [-0.2, 0) is 0 Å². The van der Waals surface area contributed by atoms with Gasteiger partial charge in [0.2, 0.25) is 0 Å². The quantitative estimate of drug-likeness (QED) is 0.554. The van der Waals surface area contributed by atoms with Crippen LogP contribution in [0.4, 0.5) is 0 Å². The van der Waals surface area contributed by atoms with Gasteiger partial charge in [0.15, 0.2) is 5.78 Å². The van der Waals surface area contributed by atoms with Crippen molar-refractivity contribution in [3.05, 3.63) is 96.1 Å². The zero-order valence-electron chi connectivity index (χ0n) is 15.9. The highest BCUT2D eigenvalue weighted by atomic mass is 16.1. The summed E-state index contributed by atoms with van der Waals surface area (Å²) >= 11 is 0. The van der Waals surface area contributed by atoms with Gasteiger partial charge in [0.05, 0.1) is 5.92 Å². The second kappa shape index (κ2) is 7.50. The summed E-state index contributed by atoms with van der Waals surface area (Å²) in [5.41, 5.74) is 4.36. The van der Waals surface area contributed by atoms with Crippen molar-refractivity contribution in [2.45, 2.75) is 25.9 Å². The molecule has 0 bridgehead atoms. The Morgan fingerprint density at radius 1 is 0.815 bits per heavy atom. The Morgan fingerprint density at radius 3 is 1.96 bits per heavy atom. The predicted octanol–water partition coefficient (Wildman–Crippen LogP) is 5.62. The topological polar surface area (TPSA) is 20.3 Å². The number of nitrogens with zero attached hydrogens (tertiary/aromatic N) is 1. The summed E-state index contributed by atoms with van der Waals surface area (Å²) in [4.78, 5) is 15.6. The second-order valence-electron chi connectivity index (χ2n) is 7.56. The van der Waals surface area contributed by atoms with Crippen LogP contribution in [0.1, 0.15) is 35.8 Å². The van der Waals surface area contributed by atoms with E-state index in [4.69, 9.17) is 0 Å². The van der Waals surface area contributed by atoms with Crippen LogP contribution < -0.4 is 0 Å². The Bertz CT molecular complexity index is 900. The normalized spacial score (nSPS) is 19.7. The summed E-state index contributed by atoms with van der Waals surface area (Å²) < 4.78 is 0. The number of ketones is 1. The molecule has 0 N–H and O–H groups in total. The third-order valence-corrected chi connectivity index (χ3v) is 5.56. The SMILES string of the molecule is CC(C)N1C[C@H](C(=O)c2ccc(-c3ccccc3)cc2)[C@H]1c1ccccc1. The molecule has 1 fully saturated rings. The molecule has 0 aliphatic carbocycles. The fraction of sp³-hybridized carbons (Fsp3) is 0.240. The van der Waals surface area contributed by atoms with Gasteiger partial charge in [0.25, 0.3) is 0 Å². The first kappa shape index (κ1) is 17.7. The Kier molecular flexibility index (Phi) is 4.91. The van der Waals surface area contributed by atoms with E-state index in [-0.39, 0.29) is 17.7 Å². The number of likely N-dealkylation sites (tertiary alicyclic amines) is 1. The number of Topliss-reactive ketones (excluding diaryl/α,β-unsaturated/α-hetero) is 1. The summed E-state index contributed by atoms with van der Waals surface area (Å²) in [6, 6.07) is 29.4. The molecule has 0 spiro atoms. The fourth-order valence-electron chi connectivity index (χ4n) is 4.04. The van der Waals surface area contributed by atoms with Gasteiger partial charge in [-0.15, -0.1) is 0 Å². The summed E-state index contributed by atoms with van der Waals surface area (Å²) in [5, 5.41) is 0. The van der Waals surface area contributed by atoms with Crippen molar-refractivity contribution < 1.29 is 4.79 Å². The molecular formula is C25H25NO. The van der Waals surface area contributed by atoms with Gasteiger partial charge in [-0.3, -0.25) is 9.69 Å². The highest BCUT2D eigenvalue weighted by molar-refractivity contribution is 5.99. The van der Waals surface area contributed by atoms with Crippen LogP contribution in [0.25, 0.3) is 11.1 Å². The monoisotopic (exact) mass is 355 g/mol. The average Bonchev–Trinajstić information content (AvgIpc) is 2.68. The first-order valence-corrected chi connectivity index (χ1v) is 9.65. The fourth-order valence-corrected chi connectivity index (χ4v) is 4.04. The van der Waals surface area contributed by atoms with E-state index in [1.54, 1.807) is 0 Å². The van der Waals surface area contributed by atoms with Crippen molar-refractivity contribution in [2.75, 3.05) is 6.54 Å².